The Morgan fingerprint density at radius 1 is 0.472 bits per heavy atom. The van der Waals surface area contributed by atoms with Gasteiger partial charge in [-0.25, -0.2) is 48.7 Å². The molecule has 0 bridgehead atoms. The third kappa shape index (κ3) is 2.31. The van der Waals surface area contributed by atoms with Crippen LogP contribution >= 0.6 is 0 Å². The molecule has 0 saturated carbocycles. The lowest BCUT2D eigenvalue weighted by Gasteiger charge is -2.06. The second kappa shape index (κ2) is 6.54. The molecule has 2 aromatic carbocycles. The van der Waals surface area contributed by atoms with Crippen LogP contribution in [-0.4, -0.2) is 39.9 Å². The van der Waals surface area contributed by atoms with E-state index in [1.54, 1.807) is 0 Å². The van der Waals surface area contributed by atoms with Crippen LogP contribution in [0.25, 0.3) is 78.4 Å². The number of hydrogen-bond acceptors (Lipinski definition) is 8. The molecule has 2 aliphatic rings. The van der Waals surface area contributed by atoms with Crippen molar-refractivity contribution in [2.45, 2.75) is 27.2 Å². The summed E-state index contributed by atoms with van der Waals surface area (Å²) in [4.78, 5) is 36.7. The van der Waals surface area contributed by atoms with E-state index in [2.05, 4.69) is 19.9 Å². The number of rotatable bonds is 2. The molecular formula is C26H14F2N8. The quantitative estimate of drug-likeness (QED) is 0.337. The summed E-state index contributed by atoms with van der Waals surface area (Å²) in [7, 11) is 0. The highest BCUT2D eigenvalue weighted by Gasteiger charge is 2.33. The second-order valence-electron chi connectivity index (χ2n) is 8.99. The number of aromatic nitrogens is 8. The normalized spacial score (nSPS) is 12.7. The van der Waals surface area contributed by atoms with Crippen molar-refractivity contribution in [3.8, 4) is 45.0 Å². The van der Waals surface area contributed by atoms with Crippen molar-refractivity contribution in [3.63, 3.8) is 0 Å². The van der Waals surface area contributed by atoms with Crippen molar-refractivity contribution in [1.82, 2.24) is 39.9 Å². The molecule has 2 aliphatic carbocycles. The second-order valence-corrected chi connectivity index (χ2v) is 8.99. The Labute approximate surface area is 201 Å². The fourth-order valence-electron chi connectivity index (χ4n) is 5.25. The summed E-state index contributed by atoms with van der Waals surface area (Å²) in [5.41, 5.74) is 9.49. The maximum Gasteiger partial charge on any atom is 0.198 e. The van der Waals surface area contributed by atoms with E-state index in [0.29, 0.717) is 22.7 Å². The smallest absolute Gasteiger partial charge is 0.198 e. The highest BCUT2D eigenvalue weighted by molar-refractivity contribution is 6.25. The number of halogens is 2. The van der Waals surface area contributed by atoms with E-state index >= 15 is 0 Å². The van der Waals surface area contributed by atoms with E-state index in [1.807, 2.05) is 38.1 Å². The van der Waals surface area contributed by atoms with Crippen LogP contribution in [-0.2, 0) is 13.3 Å². The molecule has 4 aromatic heterocycles. The van der Waals surface area contributed by atoms with E-state index in [4.69, 9.17) is 19.9 Å². The number of aryl methyl sites for hydroxylation is 2. The summed E-state index contributed by atoms with van der Waals surface area (Å²) in [6.45, 7) is 1.98. The Balaban J connectivity index is 1.42. The Morgan fingerprint density at radius 3 is 1.08 bits per heavy atom. The van der Waals surface area contributed by atoms with Gasteiger partial charge in [0, 0.05) is 33.0 Å². The Bertz CT molecular complexity index is 1870. The van der Waals surface area contributed by atoms with Crippen LogP contribution in [0.2, 0.25) is 0 Å². The Kier molecular flexibility index (Phi) is 3.57. The number of hydrogen-bond donors (Lipinski definition) is 0. The van der Waals surface area contributed by atoms with Gasteiger partial charge >= 0.3 is 0 Å². The Morgan fingerprint density at radius 2 is 0.778 bits per heavy atom. The van der Waals surface area contributed by atoms with Gasteiger partial charge in [-0.1, -0.05) is 24.3 Å². The van der Waals surface area contributed by atoms with Crippen molar-refractivity contribution in [2.24, 2.45) is 0 Å². The third-order valence-electron chi connectivity index (χ3n) is 7.04. The predicted molar refractivity (Wildman–Crippen MR) is 129 cm³/mol. The van der Waals surface area contributed by atoms with Crippen molar-refractivity contribution >= 4 is 33.4 Å². The highest BCUT2D eigenvalue weighted by atomic mass is 19.1. The summed E-state index contributed by atoms with van der Waals surface area (Å²) >= 11 is 0. The summed E-state index contributed by atoms with van der Waals surface area (Å²) in [5.74, 6) is 0. The van der Waals surface area contributed by atoms with Crippen LogP contribution < -0.4 is 0 Å². The molecule has 6 aromatic rings. The lowest BCUT2D eigenvalue weighted by molar-refractivity contribution is 0.440. The molecule has 172 valence electrons. The van der Waals surface area contributed by atoms with Gasteiger partial charge in [0.25, 0.3) is 0 Å². The lowest BCUT2D eigenvalue weighted by Crippen LogP contribution is -2.03. The maximum absolute atomic E-state index is 13.4. The molecule has 0 radical (unpaired) electrons. The topological polar surface area (TPSA) is 103 Å². The van der Waals surface area contributed by atoms with Crippen LogP contribution in [0, 0.1) is 13.8 Å². The van der Waals surface area contributed by atoms with E-state index in [0.717, 1.165) is 55.8 Å². The fraction of sp³-hybridized carbons (Fsp3) is 0.154. The number of fused-ring (bicyclic) bond motifs is 8. The number of nitrogens with zero attached hydrogens (tertiary/aromatic N) is 8. The van der Waals surface area contributed by atoms with Gasteiger partial charge in [-0.05, 0) is 13.8 Å². The van der Waals surface area contributed by atoms with Gasteiger partial charge in [-0.15, -0.1) is 0 Å². The average Bonchev–Trinajstić information content (AvgIpc) is 3.37. The molecule has 0 fully saturated rings. The van der Waals surface area contributed by atoms with Crippen LogP contribution in [0.4, 0.5) is 8.78 Å². The third-order valence-corrected chi connectivity index (χ3v) is 7.04. The standard InChI is InChI=1S/C26H14F2N8/c1-9-10(2)30-24-23(29-9)33-19-11-3-5-13-18-14(6-4-12(17(11)18)20(19)34-24)22-21(13)35-25-26(36-22)32-16(8-28)15(7-27)31-25/h3-6H,7-8H2,1-2H3. The van der Waals surface area contributed by atoms with Gasteiger partial charge < -0.3 is 0 Å². The van der Waals surface area contributed by atoms with Gasteiger partial charge in [0.2, 0.25) is 0 Å². The largest absolute Gasteiger partial charge is 0.244 e. The molecular weight excluding hydrogens is 462 g/mol. The van der Waals surface area contributed by atoms with E-state index < -0.39 is 13.3 Å². The van der Waals surface area contributed by atoms with Crippen molar-refractivity contribution < 1.29 is 8.78 Å². The first-order chi connectivity index (χ1) is 17.6. The van der Waals surface area contributed by atoms with Crippen LogP contribution in [0.1, 0.15) is 22.8 Å². The van der Waals surface area contributed by atoms with E-state index in [1.165, 1.54) is 0 Å². The van der Waals surface area contributed by atoms with Gasteiger partial charge in [0.05, 0.1) is 45.6 Å². The first-order valence-corrected chi connectivity index (χ1v) is 11.4. The van der Waals surface area contributed by atoms with Gasteiger partial charge in [0.15, 0.2) is 22.6 Å². The monoisotopic (exact) mass is 476 g/mol. The predicted octanol–water partition coefficient (Wildman–Crippen LogP) is 5.16. The zero-order chi connectivity index (χ0) is 24.3. The van der Waals surface area contributed by atoms with Gasteiger partial charge in [-0.2, -0.15) is 0 Å². The Hall–Kier alpha value is -4.60. The van der Waals surface area contributed by atoms with Crippen molar-refractivity contribution in [1.29, 1.82) is 0 Å². The first kappa shape index (κ1) is 19.7. The maximum atomic E-state index is 13.4. The molecule has 0 aliphatic heterocycles. The van der Waals surface area contributed by atoms with Crippen molar-refractivity contribution in [3.05, 3.63) is 47.0 Å². The molecule has 0 unspecified atom stereocenters. The van der Waals surface area contributed by atoms with Crippen LogP contribution in [0.3, 0.4) is 0 Å². The summed E-state index contributed by atoms with van der Waals surface area (Å²) in [6, 6.07) is 8.00. The summed E-state index contributed by atoms with van der Waals surface area (Å²) in [6.07, 6.45) is 0. The van der Waals surface area contributed by atoms with E-state index in [-0.39, 0.29) is 22.7 Å². The number of alkyl halides is 2. The molecule has 36 heavy (non-hydrogen) atoms. The SMILES string of the molecule is Cc1nc2nc3c(nc2nc1C)-c1ccc2c4c(ccc-3c14)-c1nc3nc(CF)c(CF)nc3nc1-2. The van der Waals surface area contributed by atoms with E-state index in [9.17, 15) is 8.78 Å². The average molecular weight is 476 g/mol. The van der Waals surface area contributed by atoms with Crippen LogP contribution in [0.15, 0.2) is 24.3 Å². The molecule has 0 saturated heterocycles. The van der Waals surface area contributed by atoms with Crippen LogP contribution in [0.5, 0.6) is 0 Å². The van der Waals surface area contributed by atoms with Gasteiger partial charge in [0.1, 0.15) is 13.3 Å². The minimum atomic E-state index is -0.918. The van der Waals surface area contributed by atoms with Crippen molar-refractivity contribution in [2.75, 3.05) is 0 Å². The minimum Gasteiger partial charge on any atom is -0.244 e. The molecule has 0 spiro atoms. The minimum absolute atomic E-state index is 0.0529. The zero-order valence-corrected chi connectivity index (χ0v) is 19.1. The summed E-state index contributed by atoms with van der Waals surface area (Å²) in [5, 5.41) is 2.01. The molecule has 8 nitrogen and oxygen atoms in total. The highest BCUT2D eigenvalue weighted by Crippen LogP contribution is 2.54. The molecule has 8 rings (SSSR count). The van der Waals surface area contributed by atoms with Gasteiger partial charge in [-0.3, -0.25) is 0 Å². The lowest BCUT2D eigenvalue weighted by atomic mass is 9.99. The first-order valence-electron chi connectivity index (χ1n) is 11.4. The molecule has 0 N–H and O–H groups in total. The molecule has 0 atom stereocenters. The fourth-order valence-corrected chi connectivity index (χ4v) is 5.25. The molecule has 0 amide bonds. The molecule has 4 heterocycles. The zero-order valence-electron chi connectivity index (χ0n) is 19.1. The summed E-state index contributed by atoms with van der Waals surface area (Å²) < 4.78 is 26.8. The molecule has 10 heteroatoms. The number of benzene rings is 2.